The van der Waals surface area contributed by atoms with E-state index < -0.39 is 0 Å². The molecule has 0 aliphatic carbocycles. The highest BCUT2D eigenvalue weighted by molar-refractivity contribution is 5.71. The summed E-state index contributed by atoms with van der Waals surface area (Å²) in [4.78, 5) is 0. The van der Waals surface area contributed by atoms with E-state index in [1.807, 2.05) is 0 Å². The Balaban J connectivity index is 2.52. The summed E-state index contributed by atoms with van der Waals surface area (Å²) in [5.41, 5.74) is 2.09. The molecule has 0 heterocycles. The zero-order chi connectivity index (χ0) is 12.3. The van der Waals surface area contributed by atoms with E-state index in [2.05, 4.69) is 6.07 Å². The van der Waals surface area contributed by atoms with Gasteiger partial charge in [0.2, 0.25) is 0 Å². The molecule has 0 saturated heterocycles. The van der Waals surface area contributed by atoms with E-state index in [0.29, 0.717) is 11.3 Å². The summed E-state index contributed by atoms with van der Waals surface area (Å²) >= 11 is 0. The second kappa shape index (κ2) is 4.67. The molecule has 2 rings (SSSR count). The van der Waals surface area contributed by atoms with E-state index in [4.69, 9.17) is 10.00 Å². The molecule has 2 nitrogen and oxygen atoms in total. The SMILES string of the molecule is COc1ccc(-c2ccc(F)cc2)c(C#N)c1. The Hall–Kier alpha value is -2.34. The van der Waals surface area contributed by atoms with Gasteiger partial charge < -0.3 is 4.74 Å². The highest BCUT2D eigenvalue weighted by Crippen LogP contribution is 2.26. The first-order chi connectivity index (χ1) is 8.24. The monoisotopic (exact) mass is 227 g/mol. The van der Waals surface area contributed by atoms with Crippen molar-refractivity contribution in [3.63, 3.8) is 0 Å². The van der Waals surface area contributed by atoms with Crippen molar-refractivity contribution < 1.29 is 9.13 Å². The Morgan fingerprint density at radius 2 is 1.82 bits per heavy atom. The van der Waals surface area contributed by atoms with Crippen LogP contribution < -0.4 is 4.74 Å². The van der Waals surface area contributed by atoms with Crippen molar-refractivity contribution in [3.8, 4) is 22.9 Å². The van der Waals surface area contributed by atoms with Crippen LogP contribution in [0, 0.1) is 17.1 Å². The van der Waals surface area contributed by atoms with Gasteiger partial charge in [0, 0.05) is 0 Å². The van der Waals surface area contributed by atoms with Gasteiger partial charge in [-0.15, -0.1) is 0 Å². The molecule has 0 atom stereocenters. The van der Waals surface area contributed by atoms with Gasteiger partial charge in [0.15, 0.2) is 0 Å². The second-order valence-corrected chi connectivity index (χ2v) is 3.53. The third kappa shape index (κ3) is 2.26. The molecule has 17 heavy (non-hydrogen) atoms. The molecule has 0 spiro atoms. The number of methoxy groups -OCH3 is 1. The van der Waals surface area contributed by atoms with Gasteiger partial charge in [-0.05, 0) is 41.5 Å². The van der Waals surface area contributed by atoms with Crippen LogP contribution in [-0.4, -0.2) is 7.11 Å². The molecule has 0 aromatic heterocycles. The van der Waals surface area contributed by atoms with Crippen LogP contribution in [0.15, 0.2) is 42.5 Å². The normalized spacial score (nSPS) is 9.71. The smallest absolute Gasteiger partial charge is 0.123 e. The first-order valence-corrected chi connectivity index (χ1v) is 5.08. The summed E-state index contributed by atoms with van der Waals surface area (Å²) in [5, 5.41) is 9.07. The van der Waals surface area contributed by atoms with Gasteiger partial charge in [0.05, 0.1) is 18.7 Å². The molecular formula is C14H10FNO. The molecule has 0 bridgehead atoms. The van der Waals surface area contributed by atoms with Gasteiger partial charge in [-0.3, -0.25) is 0 Å². The minimum absolute atomic E-state index is 0.291. The van der Waals surface area contributed by atoms with Crippen molar-refractivity contribution >= 4 is 0 Å². The van der Waals surface area contributed by atoms with Crippen LogP contribution in [0.2, 0.25) is 0 Å². The van der Waals surface area contributed by atoms with Crippen LogP contribution in [0.25, 0.3) is 11.1 Å². The van der Waals surface area contributed by atoms with Crippen LogP contribution in [0.3, 0.4) is 0 Å². The number of ether oxygens (including phenoxy) is 1. The third-order valence-electron chi connectivity index (χ3n) is 2.50. The molecule has 0 amide bonds. The number of hydrogen-bond acceptors (Lipinski definition) is 2. The maximum absolute atomic E-state index is 12.8. The number of rotatable bonds is 2. The van der Waals surface area contributed by atoms with Crippen molar-refractivity contribution in [2.75, 3.05) is 7.11 Å². The lowest BCUT2D eigenvalue weighted by atomic mass is 10.0. The van der Waals surface area contributed by atoms with Gasteiger partial charge in [0.25, 0.3) is 0 Å². The van der Waals surface area contributed by atoms with Crippen molar-refractivity contribution in [3.05, 3.63) is 53.8 Å². The predicted octanol–water partition coefficient (Wildman–Crippen LogP) is 3.37. The predicted molar refractivity (Wildman–Crippen MR) is 63.1 cm³/mol. The van der Waals surface area contributed by atoms with Crippen molar-refractivity contribution in [2.24, 2.45) is 0 Å². The summed E-state index contributed by atoms with van der Waals surface area (Å²) < 4.78 is 17.9. The van der Waals surface area contributed by atoms with Gasteiger partial charge in [-0.1, -0.05) is 12.1 Å². The van der Waals surface area contributed by atoms with Crippen LogP contribution in [0.1, 0.15) is 5.56 Å². The van der Waals surface area contributed by atoms with E-state index in [0.717, 1.165) is 11.1 Å². The Morgan fingerprint density at radius 3 is 2.41 bits per heavy atom. The zero-order valence-corrected chi connectivity index (χ0v) is 9.27. The molecular weight excluding hydrogens is 217 g/mol. The summed E-state index contributed by atoms with van der Waals surface area (Å²) in [5.74, 6) is 0.341. The van der Waals surface area contributed by atoms with E-state index in [1.54, 1.807) is 37.4 Å². The molecule has 2 aromatic rings. The average Bonchev–Trinajstić information content (AvgIpc) is 2.39. The Labute approximate surface area is 98.9 Å². The minimum atomic E-state index is -0.291. The molecule has 0 N–H and O–H groups in total. The van der Waals surface area contributed by atoms with Crippen LogP contribution >= 0.6 is 0 Å². The molecule has 0 fully saturated rings. The van der Waals surface area contributed by atoms with Crippen LogP contribution in [0.4, 0.5) is 4.39 Å². The molecule has 0 radical (unpaired) electrons. The fourth-order valence-electron chi connectivity index (χ4n) is 1.62. The quantitative estimate of drug-likeness (QED) is 0.788. The number of halogens is 1. The third-order valence-corrected chi connectivity index (χ3v) is 2.50. The zero-order valence-electron chi connectivity index (χ0n) is 9.27. The topological polar surface area (TPSA) is 33.0 Å². The molecule has 0 aliphatic heterocycles. The average molecular weight is 227 g/mol. The summed E-state index contributed by atoms with van der Waals surface area (Å²) in [6.07, 6.45) is 0. The first kappa shape index (κ1) is 11.2. The van der Waals surface area contributed by atoms with Gasteiger partial charge >= 0.3 is 0 Å². The minimum Gasteiger partial charge on any atom is -0.497 e. The van der Waals surface area contributed by atoms with E-state index in [1.165, 1.54) is 12.1 Å². The lowest BCUT2D eigenvalue weighted by Crippen LogP contribution is -1.88. The number of nitrogens with zero attached hydrogens (tertiary/aromatic N) is 1. The Morgan fingerprint density at radius 1 is 1.12 bits per heavy atom. The highest BCUT2D eigenvalue weighted by atomic mass is 19.1. The molecule has 2 aromatic carbocycles. The Kier molecular flexibility index (Phi) is 3.06. The molecule has 84 valence electrons. The number of nitriles is 1. The standard InChI is InChI=1S/C14H10FNO/c1-17-13-6-7-14(11(8-13)9-16)10-2-4-12(15)5-3-10/h2-8H,1H3. The van der Waals surface area contributed by atoms with Gasteiger partial charge in [-0.25, -0.2) is 4.39 Å². The molecule has 0 unspecified atom stereocenters. The number of hydrogen-bond donors (Lipinski definition) is 0. The van der Waals surface area contributed by atoms with Crippen molar-refractivity contribution in [1.82, 2.24) is 0 Å². The maximum atomic E-state index is 12.8. The second-order valence-electron chi connectivity index (χ2n) is 3.53. The van der Waals surface area contributed by atoms with Crippen molar-refractivity contribution in [2.45, 2.75) is 0 Å². The van der Waals surface area contributed by atoms with Crippen LogP contribution in [-0.2, 0) is 0 Å². The van der Waals surface area contributed by atoms with E-state index in [-0.39, 0.29) is 5.82 Å². The summed E-state index contributed by atoms with van der Waals surface area (Å²) in [6.45, 7) is 0. The molecule has 0 aliphatic rings. The summed E-state index contributed by atoms with van der Waals surface area (Å²) in [7, 11) is 1.55. The summed E-state index contributed by atoms with van der Waals surface area (Å²) in [6, 6.07) is 13.4. The molecule has 0 saturated carbocycles. The Bertz CT molecular complexity index is 570. The molecule has 3 heteroatoms. The van der Waals surface area contributed by atoms with Gasteiger partial charge in [0.1, 0.15) is 11.6 Å². The van der Waals surface area contributed by atoms with E-state index >= 15 is 0 Å². The largest absolute Gasteiger partial charge is 0.497 e. The lowest BCUT2D eigenvalue weighted by Gasteiger charge is -2.06. The fourth-order valence-corrected chi connectivity index (χ4v) is 1.62. The first-order valence-electron chi connectivity index (χ1n) is 5.08. The van der Waals surface area contributed by atoms with Crippen LogP contribution in [0.5, 0.6) is 5.75 Å². The maximum Gasteiger partial charge on any atom is 0.123 e. The van der Waals surface area contributed by atoms with E-state index in [9.17, 15) is 4.39 Å². The lowest BCUT2D eigenvalue weighted by molar-refractivity contribution is 0.414. The number of benzene rings is 2. The highest BCUT2D eigenvalue weighted by Gasteiger charge is 2.06. The van der Waals surface area contributed by atoms with Gasteiger partial charge in [-0.2, -0.15) is 5.26 Å². The van der Waals surface area contributed by atoms with Crippen molar-refractivity contribution in [1.29, 1.82) is 5.26 Å². The fraction of sp³-hybridized carbons (Fsp3) is 0.0714.